The van der Waals surface area contributed by atoms with Gasteiger partial charge in [-0.25, -0.2) is 4.98 Å². The van der Waals surface area contributed by atoms with Crippen molar-refractivity contribution < 1.29 is 0 Å². The highest BCUT2D eigenvalue weighted by atomic mass is 15.3. The summed E-state index contributed by atoms with van der Waals surface area (Å²) in [5.41, 5.74) is 6.15. The molecule has 1 aromatic rings. The van der Waals surface area contributed by atoms with Crippen molar-refractivity contribution in [2.45, 2.75) is 38.6 Å². The van der Waals surface area contributed by atoms with Crippen LogP contribution in [0.3, 0.4) is 0 Å². The molecule has 3 unspecified atom stereocenters. The van der Waals surface area contributed by atoms with E-state index in [1.54, 1.807) is 6.33 Å². The highest BCUT2D eigenvalue weighted by Crippen LogP contribution is 2.29. The molecule has 4 heteroatoms. The first-order valence-corrected chi connectivity index (χ1v) is 5.75. The summed E-state index contributed by atoms with van der Waals surface area (Å²) in [5.74, 6) is 2.45. The van der Waals surface area contributed by atoms with E-state index in [-0.39, 0.29) is 0 Å². The molecule has 0 radical (unpaired) electrons. The number of hydrogen-bond donors (Lipinski definition) is 1. The van der Waals surface area contributed by atoms with Crippen LogP contribution in [0, 0.1) is 11.8 Å². The fraction of sp³-hybridized carbons (Fsp3) is 0.818. The molecule has 0 saturated heterocycles. The van der Waals surface area contributed by atoms with Crippen LogP contribution in [-0.2, 0) is 13.5 Å². The SMILES string of the molecule is CC1CCC(N)C(Cc2ncnn2C)C1. The summed E-state index contributed by atoms with van der Waals surface area (Å²) in [6.07, 6.45) is 6.25. The molecule has 0 aliphatic heterocycles. The summed E-state index contributed by atoms with van der Waals surface area (Å²) >= 11 is 0. The largest absolute Gasteiger partial charge is 0.327 e. The molecule has 1 aliphatic rings. The standard InChI is InChI=1S/C11H20N4/c1-8-3-4-10(12)9(5-8)6-11-13-7-14-15(11)2/h7-10H,3-6,12H2,1-2H3. The molecular weight excluding hydrogens is 188 g/mol. The van der Waals surface area contributed by atoms with Gasteiger partial charge in [-0.05, 0) is 31.1 Å². The number of hydrogen-bond acceptors (Lipinski definition) is 3. The molecule has 0 spiro atoms. The smallest absolute Gasteiger partial charge is 0.138 e. The summed E-state index contributed by atoms with van der Waals surface area (Å²) in [6, 6.07) is 0.345. The maximum absolute atomic E-state index is 6.15. The Bertz CT molecular complexity index is 320. The minimum Gasteiger partial charge on any atom is -0.327 e. The van der Waals surface area contributed by atoms with Crippen LogP contribution in [0.5, 0.6) is 0 Å². The third-order valence-electron chi connectivity index (χ3n) is 3.55. The molecule has 15 heavy (non-hydrogen) atoms. The second kappa shape index (κ2) is 4.31. The summed E-state index contributed by atoms with van der Waals surface area (Å²) in [4.78, 5) is 4.27. The highest BCUT2D eigenvalue weighted by Gasteiger charge is 2.27. The number of aryl methyl sites for hydroxylation is 1. The van der Waals surface area contributed by atoms with Gasteiger partial charge in [-0.1, -0.05) is 6.92 Å². The molecule has 1 heterocycles. The zero-order valence-electron chi connectivity index (χ0n) is 9.56. The quantitative estimate of drug-likeness (QED) is 0.792. The van der Waals surface area contributed by atoms with E-state index in [1.165, 1.54) is 12.8 Å². The van der Waals surface area contributed by atoms with E-state index >= 15 is 0 Å². The molecule has 0 bridgehead atoms. The monoisotopic (exact) mass is 208 g/mol. The molecule has 1 aromatic heterocycles. The molecule has 1 saturated carbocycles. The van der Waals surface area contributed by atoms with Crippen LogP contribution in [0.2, 0.25) is 0 Å². The van der Waals surface area contributed by atoms with Crippen molar-refractivity contribution in [3.63, 3.8) is 0 Å². The third kappa shape index (κ3) is 2.37. The van der Waals surface area contributed by atoms with Crippen molar-refractivity contribution in [1.82, 2.24) is 14.8 Å². The second-order valence-corrected chi connectivity index (χ2v) is 4.85. The summed E-state index contributed by atoms with van der Waals surface area (Å²) in [6.45, 7) is 2.32. The minimum absolute atomic E-state index is 0.345. The van der Waals surface area contributed by atoms with Crippen LogP contribution < -0.4 is 5.73 Å². The van der Waals surface area contributed by atoms with Crippen molar-refractivity contribution in [3.05, 3.63) is 12.2 Å². The molecule has 1 aliphatic carbocycles. The number of rotatable bonds is 2. The average molecular weight is 208 g/mol. The molecule has 1 fully saturated rings. The Kier molecular flexibility index (Phi) is 3.05. The first kappa shape index (κ1) is 10.6. The Hall–Kier alpha value is -0.900. The first-order valence-electron chi connectivity index (χ1n) is 5.75. The predicted molar refractivity (Wildman–Crippen MR) is 59.2 cm³/mol. The second-order valence-electron chi connectivity index (χ2n) is 4.85. The molecule has 0 aromatic carbocycles. The van der Waals surface area contributed by atoms with Crippen molar-refractivity contribution in [2.75, 3.05) is 0 Å². The van der Waals surface area contributed by atoms with Gasteiger partial charge in [0.25, 0.3) is 0 Å². The molecule has 84 valence electrons. The van der Waals surface area contributed by atoms with Crippen molar-refractivity contribution in [3.8, 4) is 0 Å². The highest BCUT2D eigenvalue weighted by molar-refractivity contribution is 4.92. The van der Waals surface area contributed by atoms with E-state index in [1.807, 2.05) is 11.7 Å². The van der Waals surface area contributed by atoms with Crippen LogP contribution in [0.1, 0.15) is 32.0 Å². The Balaban J connectivity index is 2.01. The van der Waals surface area contributed by atoms with Gasteiger partial charge < -0.3 is 5.73 Å². The van der Waals surface area contributed by atoms with E-state index in [0.717, 1.165) is 24.6 Å². The minimum atomic E-state index is 0.345. The van der Waals surface area contributed by atoms with E-state index in [9.17, 15) is 0 Å². The van der Waals surface area contributed by atoms with Crippen LogP contribution in [-0.4, -0.2) is 20.8 Å². The third-order valence-corrected chi connectivity index (χ3v) is 3.55. The molecule has 2 rings (SSSR count). The topological polar surface area (TPSA) is 56.7 Å². The summed E-state index contributed by atoms with van der Waals surface area (Å²) in [7, 11) is 1.94. The van der Waals surface area contributed by atoms with Gasteiger partial charge in [0.1, 0.15) is 12.2 Å². The van der Waals surface area contributed by atoms with Crippen molar-refractivity contribution >= 4 is 0 Å². The average Bonchev–Trinajstić information content (AvgIpc) is 2.58. The zero-order valence-corrected chi connectivity index (χ0v) is 9.56. The lowest BCUT2D eigenvalue weighted by Gasteiger charge is -2.32. The van der Waals surface area contributed by atoms with Crippen LogP contribution in [0.15, 0.2) is 6.33 Å². The maximum atomic E-state index is 6.15. The molecule has 2 N–H and O–H groups in total. The number of aromatic nitrogens is 3. The van der Waals surface area contributed by atoms with E-state index < -0.39 is 0 Å². The van der Waals surface area contributed by atoms with Gasteiger partial charge >= 0.3 is 0 Å². The van der Waals surface area contributed by atoms with Gasteiger partial charge in [0.05, 0.1) is 0 Å². The number of nitrogens with two attached hydrogens (primary N) is 1. The Morgan fingerprint density at radius 3 is 3.00 bits per heavy atom. The summed E-state index contributed by atoms with van der Waals surface area (Å²) in [5, 5.41) is 4.09. The lowest BCUT2D eigenvalue weighted by molar-refractivity contribution is 0.240. The van der Waals surface area contributed by atoms with E-state index in [2.05, 4.69) is 17.0 Å². The Labute approximate surface area is 90.9 Å². The maximum Gasteiger partial charge on any atom is 0.138 e. The lowest BCUT2D eigenvalue weighted by atomic mass is 9.77. The van der Waals surface area contributed by atoms with Crippen molar-refractivity contribution in [1.29, 1.82) is 0 Å². The van der Waals surface area contributed by atoms with Crippen LogP contribution in [0.25, 0.3) is 0 Å². The van der Waals surface area contributed by atoms with Gasteiger partial charge in [0, 0.05) is 19.5 Å². The van der Waals surface area contributed by atoms with Crippen molar-refractivity contribution in [2.24, 2.45) is 24.6 Å². The Morgan fingerprint density at radius 2 is 2.33 bits per heavy atom. The van der Waals surface area contributed by atoms with Gasteiger partial charge in [0.15, 0.2) is 0 Å². The lowest BCUT2D eigenvalue weighted by Crippen LogP contribution is -2.37. The fourth-order valence-corrected chi connectivity index (χ4v) is 2.50. The molecular formula is C11H20N4. The number of nitrogens with zero attached hydrogens (tertiary/aromatic N) is 3. The van der Waals surface area contributed by atoms with Gasteiger partial charge in [0.2, 0.25) is 0 Å². The van der Waals surface area contributed by atoms with Crippen LogP contribution >= 0.6 is 0 Å². The van der Waals surface area contributed by atoms with E-state index in [0.29, 0.717) is 12.0 Å². The van der Waals surface area contributed by atoms with E-state index in [4.69, 9.17) is 5.73 Å². The summed E-state index contributed by atoms with van der Waals surface area (Å²) < 4.78 is 1.85. The predicted octanol–water partition coefficient (Wildman–Crippen LogP) is 1.12. The zero-order chi connectivity index (χ0) is 10.8. The normalized spacial score (nSPS) is 31.8. The van der Waals surface area contributed by atoms with Gasteiger partial charge in [-0.2, -0.15) is 5.10 Å². The van der Waals surface area contributed by atoms with Crippen LogP contribution in [0.4, 0.5) is 0 Å². The Morgan fingerprint density at radius 1 is 1.53 bits per heavy atom. The van der Waals surface area contributed by atoms with Gasteiger partial charge in [-0.3, -0.25) is 4.68 Å². The molecule has 3 atom stereocenters. The fourth-order valence-electron chi connectivity index (χ4n) is 2.50. The molecule has 0 amide bonds. The van der Waals surface area contributed by atoms with Gasteiger partial charge in [-0.15, -0.1) is 0 Å². The first-order chi connectivity index (χ1) is 7.16. The molecule has 4 nitrogen and oxygen atoms in total.